The largest absolute Gasteiger partial charge is 0.368 e. The van der Waals surface area contributed by atoms with Crippen LogP contribution in [0.3, 0.4) is 0 Å². The minimum atomic E-state index is -0.405. The van der Waals surface area contributed by atoms with Crippen LogP contribution in [0.5, 0.6) is 0 Å². The highest BCUT2D eigenvalue weighted by atomic mass is 32.1. The Bertz CT molecular complexity index is 721. The van der Waals surface area contributed by atoms with Gasteiger partial charge in [-0.2, -0.15) is 0 Å². The molecule has 1 fully saturated rings. The van der Waals surface area contributed by atoms with Crippen LogP contribution >= 0.6 is 11.3 Å². The quantitative estimate of drug-likeness (QED) is 0.636. The molecule has 1 aliphatic heterocycles. The summed E-state index contributed by atoms with van der Waals surface area (Å²) in [5, 5.41) is 11.6. The number of nitro benzene ring substituents is 1. The van der Waals surface area contributed by atoms with Crippen LogP contribution in [0.25, 0.3) is 0 Å². The van der Waals surface area contributed by atoms with Gasteiger partial charge in [0.2, 0.25) is 0 Å². The van der Waals surface area contributed by atoms with E-state index in [1.165, 1.54) is 23.5 Å². The van der Waals surface area contributed by atoms with Gasteiger partial charge in [0.25, 0.3) is 11.6 Å². The molecule has 8 heteroatoms. The average Bonchev–Trinajstić information content (AvgIpc) is 3.01. The van der Waals surface area contributed by atoms with E-state index < -0.39 is 4.92 Å². The number of nitrogens with zero attached hydrogens (tertiary/aromatic N) is 4. The van der Waals surface area contributed by atoms with Gasteiger partial charge in [-0.15, -0.1) is 11.3 Å². The molecule has 1 saturated heterocycles. The van der Waals surface area contributed by atoms with E-state index in [9.17, 15) is 14.9 Å². The molecular formula is C15H16N4O3S. The van der Waals surface area contributed by atoms with Crippen LogP contribution in [0.4, 0.5) is 11.4 Å². The predicted molar refractivity (Wildman–Crippen MR) is 88.1 cm³/mol. The Morgan fingerprint density at radius 2 is 1.87 bits per heavy atom. The Morgan fingerprint density at radius 3 is 2.39 bits per heavy atom. The number of carbonyl (C=O) groups excluding carboxylic acids is 1. The Morgan fingerprint density at radius 1 is 1.22 bits per heavy atom. The summed E-state index contributed by atoms with van der Waals surface area (Å²) < 4.78 is 0. The molecule has 2 aromatic rings. The lowest BCUT2D eigenvalue weighted by Crippen LogP contribution is -2.48. The molecule has 0 aliphatic carbocycles. The third-order valence-corrected chi connectivity index (χ3v) is 4.73. The number of hydrogen-bond donors (Lipinski definition) is 0. The monoisotopic (exact) mass is 332 g/mol. The van der Waals surface area contributed by atoms with Gasteiger partial charge in [-0.25, -0.2) is 4.98 Å². The second kappa shape index (κ2) is 6.33. The van der Waals surface area contributed by atoms with Crippen molar-refractivity contribution in [2.45, 2.75) is 6.92 Å². The first kappa shape index (κ1) is 15.4. The van der Waals surface area contributed by atoms with E-state index >= 15 is 0 Å². The van der Waals surface area contributed by atoms with Crippen LogP contribution in [0.1, 0.15) is 14.7 Å². The van der Waals surface area contributed by atoms with Crippen molar-refractivity contribution in [3.05, 3.63) is 50.5 Å². The first-order chi connectivity index (χ1) is 11.0. The molecule has 0 spiro atoms. The van der Waals surface area contributed by atoms with Gasteiger partial charge in [0.1, 0.15) is 4.88 Å². The van der Waals surface area contributed by atoms with E-state index in [2.05, 4.69) is 9.88 Å². The molecular weight excluding hydrogens is 316 g/mol. The van der Waals surface area contributed by atoms with Crippen molar-refractivity contribution in [2.75, 3.05) is 31.1 Å². The van der Waals surface area contributed by atoms with Gasteiger partial charge in [-0.3, -0.25) is 14.9 Å². The van der Waals surface area contributed by atoms with Crippen molar-refractivity contribution in [3.63, 3.8) is 0 Å². The molecule has 3 rings (SSSR count). The summed E-state index contributed by atoms with van der Waals surface area (Å²) in [4.78, 5) is 31.4. The molecule has 0 N–H and O–H groups in total. The van der Waals surface area contributed by atoms with Crippen molar-refractivity contribution in [1.82, 2.24) is 9.88 Å². The average molecular weight is 332 g/mol. The summed E-state index contributed by atoms with van der Waals surface area (Å²) in [7, 11) is 0. The minimum Gasteiger partial charge on any atom is -0.368 e. The fourth-order valence-electron chi connectivity index (χ4n) is 2.57. The van der Waals surface area contributed by atoms with E-state index in [0.717, 1.165) is 10.7 Å². The smallest absolute Gasteiger partial charge is 0.269 e. The zero-order valence-corrected chi connectivity index (χ0v) is 13.5. The molecule has 0 unspecified atom stereocenters. The van der Waals surface area contributed by atoms with Crippen LogP contribution < -0.4 is 4.90 Å². The molecule has 1 aromatic carbocycles. The number of hydrogen-bond acceptors (Lipinski definition) is 6. The molecule has 23 heavy (non-hydrogen) atoms. The molecule has 7 nitrogen and oxygen atoms in total. The lowest BCUT2D eigenvalue weighted by molar-refractivity contribution is -0.384. The van der Waals surface area contributed by atoms with E-state index in [4.69, 9.17) is 0 Å². The second-order valence-corrected chi connectivity index (χ2v) is 6.53. The van der Waals surface area contributed by atoms with E-state index in [1.807, 2.05) is 11.8 Å². The number of thiazole rings is 1. The summed E-state index contributed by atoms with van der Waals surface area (Å²) in [6.45, 7) is 4.57. The first-order valence-electron chi connectivity index (χ1n) is 7.26. The van der Waals surface area contributed by atoms with Crippen LogP contribution in [0.2, 0.25) is 0 Å². The zero-order valence-electron chi connectivity index (χ0n) is 12.6. The molecule has 1 aliphatic rings. The highest BCUT2D eigenvalue weighted by Crippen LogP contribution is 2.22. The number of rotatable bonds is 3. The van der Waals surface area contributed by atoms with Crippen molar-refractivity contribution in [2.24, 2.45) is 0 Å². The van der Waals surface area contributed by atoms with Gasteiger partial charge >= 0.3 is 0 Å². The lowest BCUT2D eigenvalue weighted by Gasteiger charge is -2.35. The molecule has 120 valence electrons. The van der Waals surface area contributed by atoms with Gasteiger partial charge in [0.15, 0.2) is 0 Å². The summed E-state index contributed by atoms with van der Waals surface area (Å²) in [5.74, 6) is 0.0268. The number of anilines is 1. The van der Waals surface area contributed by atoms with Crippen LogP contribution in [0, 0.1) is 17.0 Å². The number of non-ortho nitro benzene ring substituents is 1. The van der Waals surface area contributed by atoms with Gasteiger partial charge in [0.05, 0.1) is 16.1 Å². The number of aryl methyl sites for hydroxylation is 1. The normalized spacial score (nSPS) is 14.8. The maximum atomic E-state index is 12.4. The predicted octanol–water partition coefficient (Wildman–Crippen LogP) is 2.32. The van der Waals surface area contributed by atoms with Crippen molar-refractivity contribution >= 4 is 28.6 Å². The third-order valence-electron chi connectivity index (χ3n) is 3.82. The molecule has 0 bridgehead atoms. The molecule has 0 atom stereocenters. The van der Waals surface area contributed by atoms with Crippen LogP contribution in [0.15, 0.2) is 30.5 Å². The maximum Gasteiger partial charge on any atom is 0.269 e. The Labute approximate surface area is 137 Å². The number of amides is 1. The highest BCUT2D eigenvalue weighted by Gasteiger charge is 2.23. The summed E-state index contributed by atoms with van der Waals surface area (Å²) in [5.41, 5.74) is 1.03. The number of carbonyl (C=O) groups is 1. The van der Waals surface area contributed by atoms with Crippen molar-refractivity contribution in [3.8, 4) is 0 Å². The second-order valence-electron chi connectivity index (χ2n) is 5.30. The summed E-state index contributed by atoms with van der Waals surface area (Å²) >= 11 is 1.41. The standard InChI is InChI=1S/C15H16N4O3S/c1-11-16-10-14(23-11)15(20)18-8-6-17(7-9-18)12-2-4-13(5-3-12)19(21)22/h2-5,10H,6-9H2,1H3. The van der Waals surface area contributed by atoms with E-state index in [-0.39, 0.29) is 11.6 Å². The van der Waals surface area contributed by atoms with Crippen molar-refractivity contribution < 1.29 is 9.72 Å². The Hall–Kier alpha value is -2.48. The molecule has 0 saturated carbocycles. The number of benzene rings is 1. The highest BCUT2D eigenvalue weighted by molar-refractivity contribution is 7.13. The summed E-state index contributed by atoms with van der Waals surface area (Å²) in [6.07, 6.45) is 1.63. The maximum absolute atomic E-state index is 12.4. The van der Waals surface area contributed by atoms with Crippen molar-refractivity contribution in [1.29, 1.82) is 0 Å². The summed E-state index contributed by atoms with van der Waals surface area (Å²) in [6, 6.07) is 6.52. The van der Waals surface area contributed by atoms with Gasteiger partial charge in [-0.05, 0) is 19.1 Å². The van der Waals surface area contributed by atoms with Gasteiger partial charge < -0.3 is 9.80 Å². The Kier molecular flexibility index (Phi) is 4.24. The minimum absolute atomic E-state index is 0.0268. The van der Waals surface area contributed by atoms with Crippen LogP contribution in [-0.2, 0) is 0 Å². The Balaban J connectivity index is 1.61. The topological polar surface area (TPSA) is 79.6 Å². The fraction of sp³-hybridized carbons (Fsp3) is 0.333. The molecule has 1 aromatic heterocycles. The van der Waals surface area contributed by atoms with Gasteiger partial charge in [-0.1, -0.05) is 0 Å². The van der Waals surface area contributed by atoms with E-state index in [1.54, 1.807) is 18.3 Å². The molecule has 2 heterocycles. The third kappa shape index (κ3) is 3.31. The number of piperazine rings is 1. The first-order valence-corrected chi connectivity index (χ1v) is 8.07. The molecule has 1 amide bonds. The van der Waals surface area contributed by atoms with Crippen LogP contribution in [-0.4, -0.2) is 46.9 Å². The number of nitro groups is 1. The molecule has 0 radical (unpaired) electrons. The van der Waals surface area contributed by atoms with E-state index in [0.29, 0.717) is 31.1 Å². The van der Waals surface area contributed by atoms with Gasteiger partial charge in [0, 0.05) is 44.0 Å². The lowest BCUT2D eigenvalue weighted by atomic mass is 10.2. The number of aromatic nitrogens is 1. The SMILES string of the molecule is Cc1ncc(C(=O)N2CCN(c3ccc([N+](=O)[O-])cc3)CC2)s1. The zero-order chi connectivity index (χ0) is 16.4. The fourth-order valence-corrected chi connectivity index (χ4v) is 3.31.